The number of phenols is 1. The minimum absolute atomic E-state index is 0.374. The summed E-state index contributed by atoms with van der Waals surface area (Å²) in [5.41, 5.74) is 4.09. The minimum atomic E-state index is 0.374. The van der Waals surface area contributed by atoms with E-state index in [9.17, 15) is 5.11 Å². The smallest absolute Gasteiger partial charge is 0.116 e. The number of phenolic OH excluding ortho intramolecular Hbond substituents is 1. The lowest BCUT2D eigenvalue weighted by Crippen LogP contribution is -2.56. The van der Waals surface area contributed by atoms with Crippen LogP contribution in [0.3, 0.4) is 0 Å². The monoisotopic (exact) mass is 295 g/mol. The van der Waals surface area contributed by atoms with Gasteiger partial charge in [-0.2, -0.15) is 0 Å². The lowest BCUT2D eigenvalue weighted by Gasteiger charge is -2.52. The molecular weight excluding hydrogens is 272 g/mol. The van der Waals surface area contributed by atoms with Gasteiger partial charge in [-0.05, 0) is 48.9 Å². The molecule has 3 heteroatoms. The molecule has 3 aliphatic heterocycles. The van der Waals surface area contributed by atoms with E-state index in [1.807, 2.05) is 12.1 Å². The summed E-state index contributed by atoms with van der Waals surface area (Å²) < 4.78 is 0. The van der Waals surface area contributed by atoms with Gasteiger partial charge in [0.25, 0.3) is 0 Å². The highest BCUT2D eigenvalue weighted by atomic mass is 16.3. The van der Waals surface area contributed by atoms with Crippen molar-refractivity contribution in [2.24, 2.45) is 11.8 Å². The Morgan fingerprint density at radius 1 is 1.32 bits per heavy atom. The van der Waals surface area contributed by atoms with Gasteiger partial charge in [-0.25, -0.2) is 0 Å². The summed E-state index contributed by atoms with van der Waals surface area (Å²) in [5.74, 6) is 2.60. The third kappa shape index (κ3) is 1.63. The van der Waals surface area contributed by atoms with Gasteiger partial charge in [-0.15, -0.1) is 0 Å². The molecule has 1 aromatic heterocycles. The van der Waals surface area contributed by atoms with Crippen molar-refractivity contribution >= 4 is 10.9 Å². The first-order chi connectivity index (χ1) is 10.7. The van der Waals surface area contributed by atoms with Crippen LogP contribution in [-0.2, 0) is 6.42 Å². The van der Waals surface area contributed by atoms with Gasteiger partial charge in [0.15, 0.2) is 0 Å². The van der Waals surface area contributed by atoms with Crippen LogP contribution in [0.2, 0.25) is 0 Å². The molecule has 0 amide bonds. The first-order valence-corrected chi connectivity index (χ1v) is 8.61. The van der Waals surface area contributed by atoms with Crippen molar-refractivity contribution in [3.8, 4) is 5.75 Å². The Morgan fingerprint density at radius 3 is 3.09 bits per heavy atom. The van der Waals surface area contributed by atoms with E-state index in [0.717, 1.165) is 31.2 Å². The highest BCUT2D eigenvalue weighted by Crippen LogP contribution is 2.51. The third-order valence-corrected chi connectivity index (χ3v) is 6.35. The molecule has 4 heterocycles. The highest BCUT2D eigenvalue weighted by molar-refractivity contribution is 5.86. The number of fused-ring (bicyclic) bond motifs is 4. The Hall–Kier alpha value is -1.61. The topological polar surface area (TPSA) is 39.3 Å². The molecule has 22 heavy (non-hydrogen) atoms. The number of rotatable bonds is 1. The molecule has 2 N–H and O–H groups in total. The van der Waals surface area contributed by atoms with Gasteiger partial charge >= 0.3 is 0 Å². The summed E-state index contributed by atoms with van der Waals surface area (Å²) in [7, 11) is 0. The van der Waals surface area contributed by atoms with E-state index in [1.165, 1.54) is 41.5 Å². The van der Waals surface area contributed by atoms with Crippen molar-refractivity contribution < 1.29 is 5.11 Å². The van der Waals surface area contributed by atoms with Gasteiger partial charge in [0.1, 0.15) is 5.75 Å². The second-order valence-electron chi connectivity index (χ2n) is 7.48. The van der Waals surface area contributed by atoms with Crippen LogP contribution in [0.25, 0.3) is 10.9 Å². The second-order valence-corrected chi connectivity index (χ2v) is 7.48. The molecule has 4 aliphatic rings. The molecule has 0 radical (unpaired) electrons. The van der Waals surface area contributed by atoms with Crippen molar-refractivity contribution in [2.75, 3.05) is 13.1 Å². The fourth-order valence-corrected chi connectivity index (χ4v) is 5.56. The van der Waals surface area contributed by atoms with Crippen molar-refractivity contribution in [3.63, 3.8) is 0 Å². The van der Waals surface area contributed by atoms with Crippen LogP contribution in [0.15, 0.2) is 18.2 Å². The van der Waals surface area contributed by atoms with E-state index in [1.54, 1.807) is 6.07 Å². The van der Waals surface area contributed by atoms with Gasteiger partial charge in [-0.3, -0.25) is 4.90 Å². The Morgan fingerprint density at radius 2 is 2.23 bits per heavy atom. The van der Waals surface area contributed by atoms with Gasteiger partial charge in [-0.1, -0.05) is 0 Å². The fourth-order valence-electron chi connectivity index (χ4n) is 5.56. The molecule has 0 spiro atoms. The largest absolute Gasteiger partial charge is 0.508 e. The van der Waals surface area contributed by atoms with Gasteiger partial charge < -0.3 is 10.1 Å². The van der Waals surface area contributed by atoms with E-state index in [2.05, 4.69) is 16.8 Å². The van der Waals surface area contributed by atoms with Crippen molar-refractivity contribution in [2.45, 2.75) is 37.6 Å². The summed E-state index contributed by atoms with van der Waals surface area (Å²) in [6.07, 6.45) is 4.86. The van der Waals surface area contributed by atoms with E-state index in [4.69, 9.17) is 0 Å². The molecule has 114 valence electrons. The maximum absolute atomic E-state index is 9.86. The zero-order chi connectivity index (χ0) is 14.8. The van der Waals surface area contributed by atoms with Crippen LogP contribution in [0.1, 0.15) is 36.4 Å². The molecule has 5 atom stereocenters. The Kier molecular flexibility index (Phi) is 2.61. The molecule has 3 nitrogen and oxygen atoms in total. The van der Waals surface area contributed by atoms with Crippen LogP contribution >= 0.6 is 0 Å². The summed E-state index contributed by atoms with van der Waals surface area (Å²) >= 11 is 0. The number of hydrogen-bond donors (Lipinski definition) is 2. The van der Waals surface area contributed by atoms with Crippen molar-refractivity contribution in [1.82, 2.24) is 9.88 Å². The standard InChI is InChI=1S/C19H22N2O/c1-2-12-7-11-8-16-18-14(5-6-21(10-11)19(12)16)15-9-13(22)3-4-17(15)20-18/h3-4,9,11-12,16,19-20H,1-2,5-8,10H2/p+1/t11-,12-,16-,19?/m0/s1. The predicted molar refractivity (Wildman–Crippen MR) is 88.0 cm³/mol. The first-order valence-electron chi connectivity index (χ1n) is 8.61. The second kappa shape index (κ2) is 4.45. The number of nitrogens with one attached hydrogen (secondary N) is 1. The lowest BCUT2D eigenvalue weighted by molar-refractivity contribution is -0.0112. The molecule has 2 aromatic rings. The molecule has 3 fully saturated rings. The Bertz CT molecular complexity index is 734. The molecule has 4 bridgehead atoms. The third-order valence-electron chi connectivity index (χ3n) is 6.35. The summed E-state index contributed by atoms with van der Waals surface area (Å²) in [4.78, 5) is 6.45. The predicted octanol–water partition coefficient (Wildman–Crippen LogP) is 3.45. The van der Waals surface area contributed by atoms with Crippen LogP contribution in [0.5, 0.6) is 5.75 Å². The number of H-pyrrole nitrogens is 1. The molecular formula is C19H23N2O+. The number of aromatic nitrogens is 1. The molecule has 1 aliphatic carbocycles. The number of aromatic hydroxyl groups is 1. The molecule has 2 unspecified atom stereocenters. The summed E-state index contributed by atoms with van der Waals surface area (Å²) in [6.45, 7) is 6.67. The Labute approximate surface area is 131 Å². The average Bonchev–Trinajstić information content (AvgIpc) is 2.85. The number of benzene rings is 1. The van der Waals surface area contributed by atoms with E-state index in [0.29, 0.717) is 17.7 Å². The summed E-state index contributed by atoms with van der Waals surface area (Å²) in [6, 6.07) is 6.42. The highest BCUT2D eigenvalue weighted by Gasteiger charge is 2.49. The molecule has 1 aromatic carbocycles. The van der Waals surface area contributed by atoms with Gasteiger partial charge in [0, 0.05) is 47.6 Å². The van der Waals surface area contributed by atoms with Crippen molar-refractivity contribution in [1.29, 1.82) is 0 Å². The molecule has 6 rings (SSSR count). The zero-order valence-corrected chi connectivity index (χ0v) is 12.9. The maximum atomic E-state index is 9.86. The number of piperidine rings is 2. The zero-order valence-electron chi connectivity index (χ0n) is 12.9. The Balaban J connectivity index is 1.69. The van der Waals surface area contributed by atoms with Gasteiger partial charge in [0.2, 0.25) is 0 Å². The normalized spacial score (nSPS) is 36.3. The molecule has 2 saturated heterocycles. The van der Waals surface area contributed by atoms with E-state index < -0.39 is 0 Å². The van der Waals surface area contributed by atoms with Gasteiger partial charge in [0.05, 0.1) is 13.3 Å². The summed E-state index contributed by atoms with van der Waals surface area (Å²) in [5, 5.41) is 11.1. The molecule has 1 saturated carbocycles. The number of nitrogens with zero attached hydrogens (tertiary/aromatic N) is 1. The minimum Gasteiger partial charge on any atom is -0.508 e. The number of hydrogen-bond acceptors (Lipinski definition) is 2. The fraction of sp³-hybridized carbons (Fsp3) is 0.526. The van der Waals surface area contributed by atoms with Crippen LogP contribution in [0, 0.1) is 18.8 Å². The van der Waals surface area contributed by atoms with E-state index >= 15 is 0 Å². The van der Waals surface area contributed by atoms with Crippen molar-refractivity contribution in [3.05, 3.63) is 36.4 Å². The van der Waals surface area contributed by atoms with E-state index in [-0.39, 0.29) is 0 Å². The quantitative estimate of drug-likeness (QED) is 0.791. The maximum Gasteiger partial charge on any atom is 0.116 e. The lowest BCUT2D eigenvalue weighted by atomic mass is 9.65. The number of aromatic amines is 1. The van der Waals surface area contributed by atoms with Crippen LogP contribution in [-0.4, -0.2) is 34.1 Å². The van der Waals surface area contributed by atoms with Crippen LogP contribution in [0.4, 0.5) is 0 Å². The first kappa shape index (κ1) is 12.9. The average molecular weight is 295 g/mol. The SMILES string of the molecule is [CH2+]C[C@H]1C[C@H]2C[C@H]3c4[nH]c5ccc(O)cc5c4CCN(C2)C13. The van der Waals surface area contributed by atoms with Crippen LogP contribution < -0.4 is 0 Å².